The van der Waals surface area contributed by atoms with Gasteiger partial charge in [-0.15, -0.1) is 0 Å². The summed E-state index contributed by atoms with van der Waals surface area (Å²) in [6.45, 7) is 12.8. The van der Waals surface area contributed by atoms with Gasteiger partial charge in [0.2, 0.25) is 0 Å². The number of aromatic nitrogens is 3. The van der Waals surface area contributed by atoms with E-state index >= 15 is 0 Å². The Morgan fingerprint density at radius 3 is 1.41 bits per heavy atom. The van der Waals surface area contributed by atoms with Crippen molar-refractivity contribution in [2.24, 2.45) is 0 Å². The third-order valence-corrected chi connectivity index (χ3v) is 2.67. The second-order valence-corrected chi connectivity index (χ2v) is 6.79. The van der Waals surface area contributed by atoms with Crippen molar-refractivity contribution >= 4 is 0 Å². The van der Waals surface area contributed by atoms with E-state index in [1.54, 1.807) is 12.4 Å². The molecule has 0 bridgehead atoms. The molecule has 0 aliphatic heterocycles. The largest absolute Gasteiger partial charge is 0.261 e. The number of nitrogens with zero attached hydrogens (tertiary/aromatic N) is 3. The Morgan fingerprint density at radius 1 is 0.636 bits per heavy atom. The molecular weight excluding hydrogens is 270 g/mol. The van der Waals surface area contributed by atoms with Crippen LogP contribution in [0.25, 0.3) is 0 Å². The third kappa shape index (κ3) is 7.87. The van der Waals surface area contributed by atoms with Gasteiger partial charge in [-0.3, -0.25) is 4.98 Å². The Balaban J connectivity index is 0. The van der Waals surface area contributed by atoms with Crippen LogP contribution in [0.2, 0.25) is 0 Å². The van der Waals surface area contributed by atoms with E-state index in [0.717, 1.165) is 11.5 Å². The highest BCUT2D eigenvalue weighted by molar-refractivity contribution is 5.12. The minimum Gasteiger partial charge on any atom is -0.261 e. The van der Waals surface area contributed by atoms with Gasteiger partial charge in [0.1, 0.15) is 5.82 Å². The summed E-state index contributed by atoms with van der Waals surface area (Å²) in [7, 11) is 0. The number of hydrogen-bond acceptors (Lipinski definition) is 3. The van der Waals surface area contributed by atoms with Crippen molar-refractivity contribution in [2.45, 2.75) is 67.2 Å². The number of pyridine rings is 1. The van der Waals surface area contributed by atoms with Crippen molar-refractivity contribution in [1.82, 2.24) is 15.0 Å². The first-order valence-corrected chi connectivity index (χ1v) is 6.90. The Kier molecular flexibility index (Phi) is 9.50. The lowest BCUT2D eigenvalue weighted by molar-refractivity contribution is 0.545. The second-order valence-electron chi connectivity index (χ2n) is 6.79. The van der Waals surface area contributed by atoms with Crippen LogP contribution >= 0.6 is 0 Å². The van der Waals surface area contributed by atoms with E-state index in [4.69, 9.17) is 0 Å². The average Bonchev–Trinajstić information content (AvgIpc) is 2.40. The zero-order chi connectivity index (χ0) is 15.2. The van der Waals surface area contributed by atoms with Gasteiger partial charge in [-0.05, 0) is 18.2 Å². The summed E-state index contributed by atoms with van der Waals surface area (Å²) in [5.74, 6) is 0.898. The predicted octanol–water partition coefficient (Wildman–Crippen LogP) is 5.43. The molecular formula is C19H33N3. The van der Waals surface area contributed by atoms with E-state index < -0.39 is 0 Å². The minimum absolute atomic E-state index is 0. The fraction of sp³-hybridized carbons (Fsp3) is 0.526. The zero-order valence-corrected chi connectivity index (χ0v) is 13.4. The first-order valence-electron chi connectivity index (χ1n) is 6.90. The van der Waals surface area contributed by atoms with Crippen LogP contribution in [0.4, 0.5) is 0 Å². The molecule has 2 aromatic rings. The molecule has 0 fully saturated rings. The van der Waals surface area contributed by atoms with Gasteiger partial charge in [0.15, 0.2) is 0 Å². The number of hydrogen-bond donors (Lipinski definition) is 0. The van der Waals surface area contributed by atoms with Crippen LogP contribution in [0.5, 0.6) is 0 Å². The molecule has 0 aromatic carbocycles. The van der Waals surface area contributed by atoms with E-state index in [1.165, 1.54) is 0 Å². The maximum atomic E-state index is 4.25. The molecule has 0 amide bonds. The third-order valence-electron chi connectivity index (χ3n) is 2.67. The van der Waals surface area contributed by atoms with Crippen molar-refractivity contribution in [2.75, 3.05) is 0 Å². The molecule has 2 aromatic heterocycles. The Bertz CT molecular complexity index is 444. The fourth-order valence-electron chi connectivity index (χ4n) is 1.49. The molecule has 0 saturated carbocycles. The molecule has 2 rings (SSSR count). The molecule has 3 heteroatoms. The lowest BCUT2D eigenvalue weighted by atomic mass is 9.92. The van der Waals surface area contributed by atoms with Crippen LogP contribution in [0.1, 0.15) is 67.9 Å². The quantitative estimate of drug-likeness (QED) is 0.651. The van der Waals surface area contributed by atoms with Crippen molar-refractivity contribution in [3.63, 3.8) is 0 Å². The van der Waals surface area contributed by atoms with E-state index in [2.05, 4.69) is 62.6 Å². The predicted molar refractivity (Wildman–Crippen MR) is 97.1 cm³/mol. The van der Waals surface area contributed by atoms with Crippen molar-refractivity contribution in [3.8, 4) is 0 Å². The van der Waals surface area contributed by atoms with E-state index in [9.17, 15) is 0 Å². The standard InChI is InChI=1S/C9H13N.C8H12N2.2CH4/c1-9(2,3)8-6-4-5-7-10-8;1-8(2,3)7-9-5-4-6-10-7;;/h4-7H,1-3H3;4-6H,1-3H3;2*1H4. The van der Waals surface area contributed by atoms with Gasteiger partial charge in [-0.1, -0.05) is 62.5 Å². The molecule has 0 spiro atoms. The van der Waals surface area contributed by atoms with Gasteiger partial charge < -0.3 is 0 Å². The van der Waals surface area contributed by atoms with E-state index in [1.807, 2.05) is 24.4 Å². The van der Waals surface area contributed by atoms with Gasteiger partial charge >= 0.3 is 0 Å². The molecule has 22 heavy (non-hydrogen) atoms. The fourth-order valence-corrected chi connectivity index (χ4v) is 1.49. The maximum absolute atomic E-state index is 4.25. The summed E-state index contributed by atoms with van der Waals surface area (Å²) < 4.78 is 0. The Morgan fingerprint density at radius 2 is 1.14 bits per heavy atom. The smallest absolute Gasteiger partial charge is 0.133 e. The molecule has 2 heterocycles. The van der Waals surface area contributed by atoms with Gasteiger partial charge in [0.05, 0.1) is 0 Å². The zero-order valence-electron chi connectivity index (χ0n) is 13.4. The summed E-state index contributed by atoms with van der Waals surface area (Å²) in [4.78, 5) is 12.5. The van der Waals surface area contributed by atoms with Crippen LogP contribution in [0.3, 0.4) is 0 Å². The highest BCUT2D eigenvalue weighted by Crippen LogP contribution is 2.18. The summed E-state index contributed by atoms with van der Waals surface area (Å²) in [6, 6.07) is 7.85. The van der Waals surface area contributed by atoms with Crippen LogP contribution < -0.4 is 0 Å². The molecule has 0 aliphatic carbocycles. The lowest BCUT2D eigenvalue weighted by Gasteiger charge is -2.16. The molecule has 0 N–H and O–H groups in total. The van der Waals surface area contributed by atoms with Crippen molar-refractivity contribution < 1.29 is 0 Å². The van der Waals surface area contributed by atoms with Crippen LogP contribution in [-0.2, 0) is 10.8 Å². The van der Waals surface area contributed by atoms with E-state index in [-0.39, 0.29) is 25.7 Å². The molecule has 0 radical (unpaired) electrons. The average molecular weight is 303 g/mol. The SMILES string of the molecule is C.C.CC(C)(C)c1ccccn1.CC(C)(C)c1ncccn1. The molecule has 3 nitrogen and oxygen atoms in total. The topological polar surface area (TPSA) is 38.7 Å². The Labute approximate surface area is 137 Å². The van der Waals surface area contributed by atoms with Gasteiger partial charge in [-0.25, -0.2) is 9.97 Å². The molecule has 0 saturated heterocycles. The molecule has 0 atom stereocenters. The van der Waals surface area contributed by atoms with Crippen molar-refractivity contribution in [3.05, 3.63) is 54.4 Å². The van der Waals surface area contributed by atoms with Crippen LogP contribution in [0.15, 0.2) is 42.9 Å². The highest BCUT2D eigenvalue weighted by Gasteiger charge is 2.15. The molecule has 0 unspecified atom stereocenters. The van der Waals surface area contributed by atoms with Gasteiger partial charge in [-0.2, -0.15) is 0 Å². The van der Waals surface area contributed by atoms with Crippen molar-refractivity contribution in [1.29, 1.82) is 0 Å². The minimum atomic E-state index is 0. The lowest BCUT2D eigenvalue weighted by Crippen LogP contribution is -2.14. The van der Waals surface area contributed by atoms with Crippen LogP contribution in [-0.4, -0.2) is 15.0 Å². The first kappa shape index (κ1) is 22.5. The number of rotatable bonds is 0. The first-order chi connectivity index (χ1) is 9.21. The summed E-state index contributed by atoms with van der Waals surface area (Å²) >= 11 is 0. The van der Waals surface area contributed by atoms with E-state index in [0.29, 0.717) is 0 Å². The van der Waals surface area contributed by atoms with Gasteiger partial charge in [0, 0.05) is 35.1 Å². The summed E-state index contributed by atoms with van der Waals surface area (Å²) in [6.07, 6.45) is 5.38. The summed E-state index contributed by atoms with van der Waals surface area (Å²) in [5.41, 5.74) is 1.40. The van der Waals surface area contributed by atoms with Crippen LogP contribution in [0, 0.1) is 0 Å². The molecule has 124 valence electrons. The second kappa shape index (κ2) is 9.29. The maximum Gasteiger partial charge on any atom is 0.133 e. The Hall–Kier alpha value is -1.77. The summed E-state index contributed by atoms with van der Waals surface area (Å²) in [5, 5.41) is 0. The van der Waals surface area contributed by atoms with Gasteiger partial charge in [0.25, 0.3) is 0 Å². The monoisotopic (exact) mass is 303 g/mol. The molecule has 0 aliphatic rings. The normalized spacial score (nSPS) is 10.5. The highest BCUT2D eigenvalue weighted by atomic mass is 14.9.